The molecule has 0 spiro atoms. The molecule has 0 aromatic heterocycles. The topological polar surface area (TPSA) is 0 Å². The van der Waals surface area contributed by atoms with Crippen molar-refractivity contribution in [1.29, 1.82) is 0 Å². The van der Waals surface area contributed by atoms with Gasteiger partial charge >= 0.3 is 0 Å². The minimum Gasteiger partial charge on any atom is -0.0616 e. The van der Waals surface area contributed by atoms with Crippen LogP contribution in [0.1, 0.15) is 49.9 Å². The molecule has 0 nitrogen and oxygen atoms in total. The zero-order valence-electron chi connectivity index (χ0n) is 21.2. The van der Waals surface area contributed by atoms with Gasteiger partial charge in [0.15, 0.2) is 0 Å². The first-order valence-electron chi connectivity index (χ1n) is 13.0. The summed E-state index contributed by atoms with van der Waals surface area (Å²) in [7, 11) is 0. The first-order chi connectivity index (χ1) is 17.4. The molecule has 6 aromatic carbocycles. The quantitative estimate of drug-likeness (QED) is 0.198. The fraction of sp³-hybridized carbons (Fsp3) is 0.167. The first-order valence-corrected chi connectivity index (χ1v) is 13.0. The second-order valence-electron chi connectivity index (χ2n) is 11.8. The van der Waals surface area contributed by atoms with Crippen LogP contribution in [0, 0.1) is 0 Å². The standard InChI is InChI=1S/C36H28/c1-35(2)29-15-13-21-9-7-8-12-25(21)33(29)27-19-32-28(20-31(27)35)34-26-18-23-11-6-5-10-22(23)17-24(26)14-16-30(34)36(32,3)4/h5-20H,1-4H3. The van der Waals surface area contributed by atoms with Crippen molar-refractivity contribution in [3.8, 4) is 22.3 Å². The number of hydrogen-bond donors (Lipinski definition) is 0. The fourth-order valence-electron chi connectivity index (χ4n) is 7.25. The van der Waals surface area contributed by atoms with Crippen LogP contribution in [-0.4, -0.2) is 0 Å². The largest absolute Gasteiger partial charge is 0.0616 e. The van der Waals surface area contributed by atoms with Crippen LogP contribution in [0.25, 0.3) is 54.6 Å². The fourth-order valence-corrected chi connectivity index (χ4v) is 7.25. The summed E-state index contributed by atoms with van der Waals surface area (Å²) in [6.45, 7) is 9.61. The van der Waals surface area contributed by atoms with Gasteiger partial charge in [0.05, 0.1) is 0 Å². The highest BCUT2D eigenvalue weighted by molar-refractivity contribution is 6.10. The van der Waals surface area contributed by atoms with Gasteiger partial charge in [-0.3, -0.25) is 0 Å². The summed E-state index contributed by atoms with van der Waals surface area (Å²) in [5.41, 5.74) is 11.4. The van der Waals surface area contributed by atoms with Gasteiger partial charge in [-0.15, -0.1) is 0 Å². The van der Waals surface area contributed by atoms with Gasteiger partial charge in [-0.05, 0) is 101 Å². The van der Waals surface area contributed by atoms with E-state index in [-0.39, 0.29) is 10.8 Å². The molecule has 0 atom stereocenters. The van der Waals surface area contributed by atoms with Gasteiger partial charge in [0.2, 0.25) is 0 Å². The summed E-state index contributed by atoms with van der Waals surface area (Å²) in [5, 5.41) is 8.00. The molecule has 0 bridgehead atoms. The van der Waals surface area contributed by atoms with Crippen LogP contribution in [-0.2, 0) is 10.8 Å². The van der Waals surface area contributed by atoms with E-state index in [0.29, 0.717) is 0 Å². The Morgan fingerprint density at radius 1 is 0.389 bits per heavy atom. The molecular weight excluding hydrogens is 432 g/mol. The van der Waals surface area contributed by atoms with E-state index in [0.717, 1.165) is 0 Å². The Bertz CT molecular complexity index is 1930. The molecule has 0 aliphatic heterocycles. The van der Waals surface area contributed by atoms with E-state index in [1.54, 1.807) is 0 Å². The minimum atomic E-state index is -0.0446. The van der Waals surface area contributed by atoms with Gasteiger partial charge < -0.3 is 0 Å². The highest BCUT2D eigenvalue weighted by Crippen LogP contribution is 2.58. The second kappa shape index (κ2) is 6.45. The zero-order valence-corrected chi connectivity index (χ0v) is 21.2. The van der Waals surface area contributed by atoms with Crippen LogP contribution in [0.5, 0.6) is 0 Å². The maximum atomic E-state index is 2.54. The molecule has 6 aromatic rings. The Morgan fingerprint density at radius 2 is 0.889 bits per heavy atom. The summed E-state index contributed by atoms with van der Waals surface area (Å²) in [4.78, 5) is 0. The van der Waals surface area contributed by atoms with E-state index in [1.807, 2.05) is 0 Å². The third-order valence-electron chi connectivity index (χ3n) is 9.20. The maximum Gasteiger partial charge on any atom is 0.0159 e. The normalized spacial score (nSPS) is 16.2. The van der Waals surface area contributed by atoms with E-state index in [1.165, 1.54) is 76.8 Å². The van der Waals surface area contributed by atoms with Crippen LogP contribution in [0.4, 0.5) is 0 Å². The Labute approximate surface area is 212 Å². The van der Waals surface area contributed by atoms with E-state index in [4.69, 9.17) is 0 Å². The van der Waals surface area contributed by atoms with E-state index in [2.05, 4.69) is 125 Å². The minimum absolute atomic E-state index is 0.0338. The molecule has 8 rings (SSSR count). The van der Waals surface area contributed by atoms with Crippen LogP contribution in [0.2, 0.25) is 0 Å². The van der Waals surface area contributed by atoms with Crippen molar-refractivity contribution in [2.75, 3.05) is 0 Å². The van der Waals surface area contributed by atoms with Gasteiger partial charge in [-0.25, -0.2) is 0 Å². The molecule has 0 saturated carbocycles. The number of fused-ring (bicyclic) bond motifs is 11. The molecule has 0 amide bonds. The van der Waals surface area contributed by atoms with Gasteiger partial charge in [0.25, 0.3) is 0 Å². The summed E-state index contributed by atoms with van der Waals surface area (Å²) in [6, 6.07) is 36.8. The van der Waals surface area contributed by atoms with Gasteiger partial charge in [0, 0.05) is 10.8 Å². The van der Waals surface area contributed by atoms with Crippen LogP contribution >= 0.6 is 0 Å². The molecule has 172 valence electrons. The zero-order chi connectivity index (χ0) is 24.4. The van der Waals surface area contributed by atoms with Gasteiger partial charge in [-0.2, -0.15) is 0 Å². The molecule has 0 radical (unpaired) electrons. The molecule has 0 heteroatoms. The maximum absolute atomic E-state index is 2.54. The molecule has 0 saturated heterocycles. The average molecular weight is 461 g/mol. The van der Waals surface area contributed by atoms with Crippen LogP contribution < -0.4 is 0 Å². The smallest absolute Gasteiger partial charge is 0.0159 e. The molecular formula is C36H28. The molecule has 2 aliphatic rings. The second-order valence-corrected chi connectivity index (χ2v) is 11.8. The van der Waals surface area contributed by atoms with Crippen molar-refractivity contribution in [2.24, 2.45) is 0 Å². The first kappa shape index (κ1) is 20.3. The van der Waals surface area contributed by atoms with Crippen molar-refractivity contribution in [2.45, 2.75) is 38.5 Å². The van der Waals surface area contributed by atoms with E-state index >= 15 is 0 Å². The summed E-state index contributed by atoms with van der Waals surface area (Å²) < 4.78 is 0. The Morgan fingerprint density at radius 3 is 1.53 bits per heavy atom. The van der Waals surface area contributed by atoms with E-state index < -0.39 is 0 Å². The predicted octanol–water partition coefficient (Wildman–Crippen LogP) is 9.76. The van der Waals surface area contributed by atoms with Gasteiger partial charge in [0.1, 0.15) is 0 Å². The number of hydrogen-bond acceptors (Lipinski definition) is 0. The average Bonchev–Trinajstić information content (AvgIpc) is 3.26. The summed E-state index contributed by atoms with van der Waals surface area (Å²) in [5.74, 6) is 0. The summed E-state index contributed by atoms with van der Waals surface area (Å²) in [6.07, 6.45) is 0. The van der Waals surface area contributed by atoms with Crippen LogP contribution in [0.15, 0.2) is 97.1 Å². The summed E-state index contributed by atoms with van der Waals surface area (Å²) >= 11 is 0. The Balaban J connectivity index is 1.49. The lowest BCUT2D eigenvalue weighted by molar-refractivity contribution is 0.652. The Hall–Kier alpha value is -3.90. The van der Waals surface area contributed by atoms with Crippen molar-refractivity contribution in [1.82, 2.24) is 0 Å². The Kier molecular flexibility index (Phi) is 3.64. The lowest BCUT2D eigenvalue weighted by atomic mass is 9.79. The molecule has 0 N–H and O–H groups in total. The third-order valence-corrected chi connectivity index (χ3v) is 9.20. The monoisotopic (exact) mass is 460 g/mol. The highest BCUT2D eigenvalue weighted by Gasteiger charge is 2.42. The lowest BCUT2D eigenvalue weighted by Gasteiger charge is -2.24. The molecule has 0 fully saturated rings. The molecule has 2 aliphatic carbocycles. The van der Waals surface area contributed by atoms with Gasteiger partial charge in [-0.1, -0.05) is 100 Å². The lowest BCUT2D eigenvalue weighted by Crippen LogP contribution is -2.16. The SMILES string of the molecule is CC1(C)c2cc3c(cc2-c2c1ccc1ccccc21)C(C)(C)c1ccc2cc4ccccc4cc2c1-3. The number of benzene rings is 6. The molecule has 0 unspecified atom stereocenters. The van der Waals surface area contributed by atoms with Crippen molar-refractivity contribution in [3.63, 3.8) is 0 Å². The van der Waals surface area contributed by atoms with Crippen molar-refractivity contribution in [3.05, 3.63) is 119 Å². The van der Waals surface area contributed by atoms with E-state index in [9.17, 15) is 0 Å². The van der Waals surface area contributed by atoms with Crippen LogP contribution in [0.3, 0.4) is 0 Å². The van der Waals surface area contributed by atoms with Crippen molar-refractivity contribution < 1.29 is 0 Å². The predicted molar refractivity (Wildman–Crippen MR) is 154 cm³/mol. The third kappa shape index (κ3) is 2.35. The molecule has 36 heavy (non-hydrogen) atoms. The number of rotatable bonds is 0. The van der Waals surface area contributed by atoms with Crippen molar-refractivity contribution >= 4 is 32.3 Å². The highest BCUT2D eigenvalue weighted by atomic mass is 14.4. The molecule has 0 heterocycles.